The van der Waals surface area contributed by atoms with Gasteiger partial charge in [0.2, 0.25) is 0 Å². The number of alkyl halides is 3. The summed E-state index contributed by atoms with van der Waals surface area (Å²) >= 11 is 1.56. The smallest absolute Gasteiger partial charge is 0.392 e. The van der Waals surface area contributed by atoms with Gasteiger partial charge in [0.05, 0.1) is 11.7 Å². The second-order valence-electron chi connectivity index (χ2n) is 4.34. The minimum Gasteiger partial charge on any atom is -0.392 e. The molecule has 1 atom stereocenters. The van der Waals surface area contributed by atoms with Crippen molar-refractivity contribution in [2.45, 2.75) is 25.1 Å². The lowest BCUT2D eigenvalue weighted by Gasteiger charge is -2.11. The zero-order chi connectivity index (χ0) is 13.9. The molecule has 102 valence electrons. The molecule has 19 heavy (non-hydrogen) atoms. The number of hydrogen-bond donors (Lipinski definition) is 1. The molecule has 1 heterocycles. The lowest BCUT2D eigenvalue weighted by atomic mass is 10.0. The van der Waals surface area contributed by atoms with E-state index in [1.54, 1.807) is 11.3 Å². The van der Waals surface area contributed by atoms with Gasteiger partial charge < -0.3 is 5.11 Å². The number of aliphatic hydroxyl groups is 1. The lowest BCUT2D eigenvalue weighted by molar-refractivity contribution is -0.137. The summed E-state index contributed by atoms with van der Waals surface area (Å²) in [5, 5.41) is 11.8. The number of rotatable bonds is 4. The van der Waals surface area contributed by atoms with E-state index >= 15 is 0 Å². The molecule has 0 amide bonds. The van der Waals surface area contributed by atoms with E-state index in [4.69, 9.17) is 0 Å². The normalized spacial score (nSPS) is 13.5. The van der Waals surface area contributed by atoms with E-state index in [-0.39, 0.29) is 0 Å². The standard InChI is InChI=1S/C14H13F3OS/c15-14(16,17)11-5-3-10(4-6-11)8-12(18)9-13-2-1-7-19-13/h1-7,12,18H,8-9H2. The number of thiophene rings is 1. The Kier molecular flexibility index (Phi) is 4.27. The quantitative estimate of drug-likeness (QED) is 0.903. The molecule has 0 aliphatic heterocycles. The molecule has 0 fully saturated rings. The third kappa shape index (κ3) is 4.08. The first kappa shape index (κ1) is 14.1. The van der Waals surface area contributed by atoms with Crippen molar-refractivity contribution in [3.63, 3.8) is 0 Å². The molecule has 0 saturated heterocycles. The van der Waals surface area contributed by atoms with Gasteiger partial charge in [0.1, 0.15) is 0 Å². The van der Waals surface area contributed by atoms with Crippen LogP contribution in [0.4, 0.5) is 13.2 Å². The van der Waals surface area contributed by atoms with Crippen LogP contribution in [-0.4, -0.2) is 11.2 Å². The Morgan fingerprint density at radius 3 is 2.26 bits per heavy atom. The third-order valence-corrected chi connectivity index (χ3v) is 3.67. The summed E-state index contributed by atoms with van der Waals surface area (Å²) < 4.78 is 37.2. The Morgan fingerprint density at radius 2 is 1.74 bits per heavy atom. The lowest BCUT2D eigenvalue weighted by Crippen LogP contribution is -2.13. The summed E-state index contributed by atoms with van der Waals surface area (Å²) in [5.74, 6) is 0. The highest BCUT2D eigenvalue weighted by atomic mass is 32.1. The highest BCUT2D eigenvalue weighted by Gasteiger charge is 2.29. The van der Waals surface area contributed by atoms with E-state index in [1.807, 2.05) is 17.5 Å². The first-order chi connectivity index (χ1) is 8.95. The molecule has 1 N–H and O–H groups in total. The SMILES string of the molecule is OC(Cc1ccc(C(F)(F)F)cc1)Cc1cccs1. The minimum absolute atomic E-state index is 0.357. The Labute approximate surface area is 113 Å². The molecule has 1 nitrogen and oxygen atoms in total. The molecular weight excluding hydrogens is 273 g/mol. The maximum Gasteiger partial charge on any atom is 0.416 e. The summed E-state index contributed by atoms with van der Waals surface area (Å²) in [6, 6.07) is 8.77. The van der Waals surface area contributed by atoms with Gasteiger partial charge in [0.15, 0.2) is 0 Å². The predicted octanol–water partition coefficient (Wildman–Crippen LogP) is 3.91. The van der Waals surface area contributed by atoms with Crippen molar-refractivity contribution in [3.05, 3.63) is 57.8 Å². The Morgan fingerprint density at radius 1 is 1.05 bits per heavy atom. The maximum absolute atomic E-state index is 12.4. The second-order valence-corrected chi connectivity index (χ2v) is 5.37. The van der Waals surface area contributed by atoms with Crippen LogP contribution >= 0.6 is 11.3 Å². The van der Waals surface area contributed by atoms with Crippen molar-refractivity contribution in [1.82, 2.24) is 0 Å². The molecule has 1 unspecified atom stereocenters. The van der Waals surface area contributed by atoms with Gasteiger partial charge in [-0.25, -0.2) is 0 Å². The van der Waals surface area contributed by atoms with Crippen molar-refractivity contribution in [3.8, 4) is 0 Å². The second kappa shape index (κ2) is 5.75. The highest BCUT2D eigenvalue weighted by molar-refractivity contribution is 7.09. The molecule has 2 aromatic rings. The highest BCUT2D eigenvalue weighted by Crippen LogP contribution is 2.29. The van der Waals surface area contributed by atoms with Crippen LogP contribution in [-0.2, 0) is 19.0 Å². The molecule has 0 bridgehead atoms. The van der Waals surface area contributed by atoms with Gasteiger partial charge in [-0.2, -0.15) is 13.2 Å². The number of aliphatic hydroxyl groups excluding tert-OH is 1. The first-order valence-electron chi connectivity index (χ1n) is 5.82. The largest absolute Gasteiger partial charge is 0.416 e. The summed E-state index contributed by atoms with van der Waals surface area (Å²) in [5.41, 5.74) is 0.0426. The van der Waals surface area contributed by atoms with Crippen molar-refractivity contribution < 1.29 is 18.3 Å². The summed E-state index contributed by atoms with van der Waals surface area (Å²) in [7, 11) is 0. The Balaban J connectivity index is 1.96. The van der Waals surface area contributed by atoms with E-state index in [9.17, 15) is 18.3 Å². The molecule has 1 aromatic heterocycles. The fourth-order valence-electron chi connectivity index (χ4n) is 1.84. The average molecular weight is 286 g/mol. The molecule has 0 radical (unpaired) electrons. The van der Waals surface area contributed by atoms with E-state index in [0.717, 1.165) is 17.0 Å². The van der Waals surface area contributed by atoms with Gasteiger partial charge in [-0.3, -0.25) is 0 Å². The van der Waals surface area contributed by atoms with Crippen molar-refractivity contribution in [2.24, 2.45) is 0 Å². The topological polar surface area (TPSA) is 20.2 Å². The van der Waals surface area contributed by atoms with Crippen LogP contribution in [0, 0.1) is 0 Å². The van der Waals surface area contributed by atoms with Crippen molar-refractivity contribution in [1.29, 1.82) is 0 Å². The first-order valence-corrected chi connectivity index (χ1v) is 6.69. The zero-order valence-corrected chi connectivity index (χ0v) is 10.8. The van der Waals surface area contributed by atoms with Gasteiger partial charge in [-0.1, -0.05) is 18.2 Å². The molecule has 5 heteroatoms. The number of benzene rings is 1. The third-order valence-electron chi connectivity index (χ3n) is 2.77. The molecule has 0 spiro atoms. The van der Waals surface area contributed by atoms with Gasteiger partial charge >= 0.3 is 6.18 Å². The van der Waals surface area contributed by atoms with E-state index in [1.165, 1.54) is 12.1 Å². The fourth-order valence-corrected chi connectivity index (χ4v) is 2.61. The molecule has 0 saturated carbocycles. The summed E-state index contributed by atoms with van der Waals surface area (Å²) in [6.07, 6.45) is -4.00. The van der Waals surface area contributed by atoms with Gasteiger partial charge in [0, 0.05) is 11.3 Å². The van der Waals surface area contributed by atoms with Crippen LogP contribution in [0.2, 0.25) is 0 Å². The average Bonchev–Trinajstić information content (AvgIpc) is 2.81. The van der Waals surface area contributed by atoms with Crippen LogP contribution in [0.15, 0.2) is 41.8 Å². The predicted molar refractivity (Wildman–Crippen MR) is 69.2 cm³/mol. The van der Waals surface area contributed by atoms with Gasteiger partial charge in [-0.15, -0.1) is 11.3 Å². The summed E-state index contributed by atoms with van der Waals surface area (Å²) in [4.78, 5) is 1.07. The molecule has 0 aliphatic carbocycles. The molecule has 1 aromatic carbocycles. The number of hydrogen-bond acceptors (Lipinski definition) is 2. The zero-order valence-electron chi connectivity index (χ0n) is 10.0. The minimum atomic E-state index is -4.31. The van der Waals surface area contributed by atoms with Crippen LogP contribution in [0.3, 0.4) is 0 Å². The molecule has 2 rings (SSSR count). The van der Waals surface area contributed by atoms with Gasteiger partial charge in [-0.05, 0) is 35.6 Å². The monoisotopic (exact) mass is 286 g/mol. The van der Waals surface area contributed by atoms with E-state index in [0.29, 0.717) is 18.4 Å². The Bertz CT molecular complexity index is 502. The maximum atomic E-state index is 12.4. The van der Waals surface area contributed by atoms with Crippen LogP contribution in [0.5, 0.6) is 0 Å². The van der Waals surface area contributed by atoms with Crippen molar-refractivity contribution >= 4 is 11.3 Å². The summed E-state index contributed by atoms with van der Waals surface area (Å²) in [6.45, 7) is 0. The van der Waals surface area contributed by atoms with E-state index < -0.39 is 17.8 Å². The molecular formula is C14H13F3OS. The van der Waals surface area contributed by atoms with Crippen LogP contribution < -0.4 is 0 Å². The van der Waals surface area contributed by atoms with Gasteiger partial charge in [0.25, 0.3) is 0 Å². The number of halogens is 3. The van der Waals surface area contributed by atoms with E-state index in [2.05, 4.69) is 0 Å². The van der Waals surface area contributed by atoms with Crippen molar-refractivity contribution in [2.75, 3.05) is 0 Å². The van der Waals surface area contributed by atoms with Crippen LogP contribution in [0.25, 0.3) is 0 Å². The Hall–Kier alpha value is -1.33. The fraction of sp³-hybridized carbons (Fsp3) is 0.286. The van der Waals surface area contributed by atoms with Crippen LogP contribution in [0.1, 0.15) is 16.0 Å². The molecule has 0 aliphatic rings.